The van der Waals surface area contributed by atoms with Crippen molar-refractivity contribution in [3.8, 4) is 0 Å². The molecule has 0 saturated heterocycles. The van der Waals surface area contributed by atoms with Gasteiger partial charge in [0.15, 0.2) is 0 Å². The molecule has 0 saturated carbocycles. The van der Waals surface area contributed by atoms with Gasteiger partial charge in [0.25, 0.3) is 0 Å². The second kappa shape index (κ2) is 6.95. The normalized spacial score (nSPS) is 14.6. The van der Waals surface area contributed by atoms with Crippen LogP contribution in [0.15, 0.2) is 34.9 Å². The average Bonchev–Trinajstić information content (AvgIpc) is 2.53. The van der Waals surface area contributed by atoms with E-state index in [1.54, 1.807) is 18.0 Å². The highest BCUT2D eigenvalue weighted by molar-refractivity contribution is 9.10. The van der Waals surface area contributed by atoms with Crippen LogP contribution in [0.2, 0.25) is 0 Å². The van der Waals surface area contributed by atoms with Crippen LogP contribution in [0.4, 0.5) is 23.1 Å². The number of fused-ring (bicyclic) bond motifs is 4. The maximum absolute atomic E-state index is 11.9. The van der Waals surface area contributed by atoms with E-state index in [-0.39, 0.29) is 5.91 Å². The largest absolute Gasteiger partial charge is 0.369 e. The van der Waals surface area contributed by atoms with Crippen molar-refractivity contribution >= 4 is 45.0 Å². The molecule has 1 aliphatic heterocycles. The lowest BCUT2D eigenvalue weighted by molar-refractivity contribution is -0.116. The quantitative estimate of drug-likeness (QED) is 0.736. The van der Waals surface area contributed by atoms with Crippen molar-refractivity contribution in [2.75, 3.05) is 28.6 Å². The predicted molar refractivity (Wildman–Crippen MR) is 95.2 cm³/mol. The van der Waals surface area contributed by atoms with Gasteiger partial charge >= 0.3 is 0 Å². The van der Waals surface area contributed by atoms with Gasteiger partial charge in [-0.2, -0.15) is 4.98 Å². The molecule has 0 spiro atoms. The van der Waals surface area contributed by atoms with Gasteiger partial charge in [0.05, 0.1) is 4.47 Å². The van der Waals surface area contributed by atoms with E-state index in [2.05, 4.69) is 36.5 Å². The van der Waals surface area contributed by atoms with Crippen LogP contribution in [0.1, 0.15) is 19.8 Å². The minimum Gasteiger partial charge on any atom is -0.369 e. The standard InChI is InChI=1S/C16H18BrN5O/c1-11(23)22-8-3-2-7-18-15-14(17)10-19-16(21-15)20-12-5-4-6-13(22)9-12/h4-6,9-10H,2-3,7-8H2,1H3,(H2,18,19,20,21). The van der Waals surface area contributed by atoms with E-state index < -0.39 is 0 Å². The first kappa shape index (κ1) is 15.7. The van der Waals surface area contributed by atoms with Crippen LogP contribution in [0, 0.1) is 0 Å². The van der Waals surface area contributed by atoms with Gasteiger partial charge in [-0.1, -0.05) is 6.07 Å². The minimum atomic E-state index is 0.0459. The van der Waals surface area contributed by atoms with E-state index in [1.807, 2.05) is 24.3 Å². The number of nitrogens with zero attached hydrogens (tertiary/aromatic N) is 3. The number of anilines is 4. The molecule has 0 atom stereocenters. The van der Waals surface area contributed by atoms with Crippen molar-refractivity contribution in [1.29, 1.82) is 0 Å². The fourth-order valence-electron chi connectivity index (χ4n) is 2.50. The van der Waals surface area contributed by atoms with Crippen LogP contribution in [0.25, 0.3) is 0 Å². The molecule has 1 aromatic carbocycles. The van der Waals surface area contributed by atoms with Gasteiger partial charge in [-0.15, -0.1) is 0 Å². The van der Waals surface area contributed by atoms with E-state index in [0.29, 0.717) is 12.5 Å². The smallest absolute Gasteiger partial charge is 0.229 e. The van der Waals surface area contributed by atoms with Gasteiger partial charge in [0.1, 0.15) is 5.82 Å². The number of hydrogen-bond donors (Lipinski definition) is 2. The summed E-state index contributed by atoms with van der Waals surface area (Å²) < 4.78 is 0.831. The number of amides is 1. The van der Waals surface area contributed by atoms with Crippen LogP contribution < -0.4 is 15.5 Å². The molecule has 1 amide bonds. The molecule has 7 heteroatoms. The first-order valence-corrected chi connectivity index (χ1v) is 8.34. The molecule has 6 nitrogen and oxygen atoms in total. The second-order valence-electron chi connectivity index (χ2n) is 5.37. The third kappa shape index (κ3) is 3.79. The molecule has 0 radical (unpaired) electrons. The zero-order valence-electron chi connectivity index (χ0n) is 12.8. The third-order valence-corrected chi connectivity index (χ3v) is 4.22. The Morgan fingerprint density at radius 3 is 3.04 bits per heavy atom. The summed E-state index contributed by atoms with van der Waals surface area (Å²) >= 11 is 3.46. The summed E-state index contributed by atoms with van der Waals surface area (Å²) in [5.41, 5.74) is 1.73. The van der Waals surface area contributed by atoms with Gasteiger partial charge in [0, 0.05) is 37.6 Å². The van der Waals surface area contributed by atoms with Crippen LogP contribution >= 0.6 is 15.9 Å². The lowest BCUT2D eigenvalue weighted by Gasteiger charge is -2.21. The van der Waals surface area contributed by atoms with Gasteiger partial charge in [-0.3, -0.25) is 4.79 Å². The predicted octanol–water partition coefficient (Wildman–Crippen LogP) is 3.54. The van der Waals surface area contributed by atoms with Crippen LogP contribution in [-0.2, 0) is 4.79 Å². The molecule has 2 N–H and O–H groups in total. The number of hydrogen-bond acceptors (Lipinski definition) is 5. The highest BCUT2D eigenvalue weighted by Crippen LogP contribution is 2.25. The summed E-state index contributed by atoms with van der Waals surface area (Å²) in [5, 5.41) is 6.49. The first-order valence-electron chi connectivity index (χ1n) is 7.55. The number of halogens is 1. The summed E-state index contributed by atoms with van der Waals surface area (Å²) in [6.45, 7) is 3.09. The Hall–Kier alpha value is -2.15. The van der Waals surface area contributed by atoms with Crippen molar-refractivity contribution < 1.29 is 4.79 Å². The van der Waals surface area contributed by atoms with E-state index in [0.717, 1.165) is 41.1 Å². The van der Waals surface area contributed by atoms with Crippen molar-refractivity contribution in [1.82, 2.24) is 9.97 Å². The van der Waals surface area contributed by atoms with Crippen molar-refractivity contribution in [3.05, 3.63) is 34.9 Å². The summed E-state index contributed by atoms with van der Waals surface area (Å²) in [6, 6.07) is 7.74. The van der Waals surface area contributed by atoms with E-state index >= 15 is 0 Å². The molecular weight excluding hydrogens is 358 g/mol. The topological polar surface area (TPSA) is 70.2 Å². The lowest BCUT2D eigenvalue weighted by Crippen LogP contribution is -2.29. The molecule has 1 aliphatic rings. The maximum atomic E-state index is 11.9. The second-order valence-corrected chi connectivity index (χ2v) is 6.22. The Bertz CT molecular complexity index is 721. The van der Waals surface area contributed by atoms with Crippen molar-refractivity contribution in [3.63, 3.8) is 0 Å². The Labute approximate surface area is 143 Å². The molecule has 0 aliphatic carbocycles. The Balaban J connectivity index is 1.97. The minimum absolute atomic E-state index is 0.0459. The van der Waals surface area contributed by atoms with Gasteiger partial charge in [-0.25, -0.2) is 4.98 Å². The number of carbonyl (C=O) groups is 1. The van der Waals surface area contributed by atoms with Gasteiger partial charge in [-0.05, 0) is 47.0 Å². The molecule has 0 unspecified atom stereocenters. The molecule has 4 bridgehead atoms. The van der Waals surface area contributed by atoms with E-state index in [9.17, 15) is 4.79 Å². The number of rotatable bonds is 0. The van der Waals surface area contributed by atoms with Crippen molar-refractivity contribution in [2.45, 2.75) is 19.8 Å². The van der Waals surface area contributed by atoms with Gasteiger partial charge in [0.2, 0.25) is 11.9 Å². The van der Waals surface area contributed by atoms with Crippen LogP contribution in [0.3, 0.4) is 0 Å². The molecule has 120 valence electrons. The molecule has 3 rings (SSSR count). The molecule has 1 aromatic heterocycles. The number of nitrogens with one attached hydrogen (secondary N) is 2. The van der Waals surface area contributed by atoms with Gasteiger partial charge < -0.3 is 15.5 Å². The molecule has 2 heterocycles. The lowest BCUT2D eigenvalue weighted by atomic mass is 10.2. The molecule has 23 heavy (non-hydrogen) atoms. The van der Waals surface area contributed by atoms with E-state index in [1.165, 1.54) is 0 Å². The highest BCUT2D eigenvalue weighted by atomic mass is 79.9. The monoisotopic (exact) mass is 375 g/mol. The highest BCUT2D eigenvalue weighted by Gasteiger charge is 2.13. The van der Waals surface area contributed by atoms with Crippen molar-refractivity contribution in [2.24, 2.45) is 0 Å². The number of aromatic nitrogens is 2. The third-order valence-electron chi connectivity index (χ3n) is 3.64. The molecule has 2 aromatic rings. The summed E-state index contributed by atoms with van der Waals surface area (Å²) in [5.74, 6) is 1.33. The summed E-state index contributed by atoms with van der Waals surface area (Å²) in [4.78, 5) is 22.5. The average molecular weight is 376 g/mol. The maximum Gasteiger partial charge on any atom is 0.229 e. The van der Waals surface area contributed by atoms with E-state index in [4.69, 9.17) is 0 Å². The molecular formula is C16H18BrN5O. The fourth-order valence-corrected chi connectivity index (χ4v) is 2.83. The summed E-state index contributed by atoms with van der Waals surface area (Å²) in [6.07, 6.45) is 3.59. The fraction of sp³-hybridized carbons (Fsp3) is 0.312. The zero-order valence-corrected chi connectivity index (χ0v) is 14.4. The Kier molecular flexibility index (Phi) is 4.76. The van der Waals surface area contributed by atoms with Crippen LogP contribution in [0.5, 0.6) is 0 Å². The number of carbonyl (C=O) groups excluding carboxylic acids is 1. The first-order chi connectivity index (χ1) is 11.1. The SMILES string of the molecule is CC(=O)N1CCCCNc2nc(ncc2Br)Nc2cccc1c2. The molecule has 0 fully saturated rings. The Morgan fingerprint density at radius 2 is 2.22 bits per heavy atom. The zero-order chi connectivity index (χ0) is 16.2. The van der Waals surface area contributed by atoms with Crippen LogP contribution in [-0.4, -0.2) is 29.0 Å². The summed E-state index contributed by atoms with van der Waals surface area (Å²) in [7, 11) is 0. The number of benzene rings is 1. The Morgan fingerprint density at radius 1 is 1.35 bits per heavy atom.